The summed E-state index contributed by atoms with van der Waals surface area (Å²) in [5.41, 5.74) is 6.52. The number of amides is 2. The zero-order valence-electron chi connectivity index (χ0n) is 13.3. The number of anilines is 1. The summed E-state index contributed by atoms with van der Waals surface area (Å²) >= 11 is 1.64. The van der Waals surface area contributed by atoms with E-state index in [4.69, 9.17) is 5.73 Å². The Morgan fingerprint density at radius 2 is 1.82 bits per heavy atom. The molecule has 0 unspecified atom stereocenters. The van der Waals surface area contributed by atoms with Gasteiger partial charge in [-0.05, 0) is 36.4 Å². The number of nitrogens with zero attached hydrogens (tertiary/aromatic N) is 1. The Labute approximate surface area is 142 Å². The maximum Gasteiger partial charge on any atom is 0.246 e. The van der Waals surface area contributed by atoms with Crippen molar-refractivity contribution in [3.05, 3.63) is 24.3 Å². The third-order valence-electron chi connectivity index (χ3n) is 3.27. The van der Waals surface area contributed by atoms with Crippen LogP contribution in [0.1, 0.15) is 13.8 Å². The van der Waals surface area contributed by atoms with Gasteiger partial charge in [0.25, 0.3) is 0 Å². The highest BCUT2D eigenvalue weighted by Gasteiger charge is 2.19. The summed E-state index contributed by atoms with van der Waals surface area (Å²) in [5, 5.41) is 2.58. The van der Waals surface area contributed by atoms with Crippen molar-refractivity contribution in [2.45, 2.75) is 24.8 Å². The molecular weight excluding hydrogens is 322 g/mol. The molecule has 0 radical (unpaired) electrons. The molecule has 7 heteroatoms. The van der Waals surface area contributed by atoms with Crippen molar-refractivity contribution in [2.24, 2.45) is 11.7 Å². The standard InChI is InChI=1S/C15H23N3O2S.ClH/c1-10(2)14(16)15(20)17-9-13(19)18(3)11-5-7-12(21-4)8-6-11;/h5-8,10,14H,9,16H2,1-4H3,(H,17,20);1H/t14-;/m0./s1. The molecule has 1 atom stereocenters. The van der Waals surface area contributed by atoms with E-state index in [0.29, 0.717) is 0 Å². The molecule has 0 spiro atoms. The average molecular weight is 346 g/mol. The summed E-state index contributed by atoms with van der Waals surface area (Å²) in [5.74, 6) is -0.447. The molecule has 1 aromatic carbocycles. The quantitative estimate of drug-likeness (QED) is 0.772. The van der Waals surface area contributed by atoms with Crippen LogP contribution in [0.2, 0.25) is 0 Å². The van der Waals surface area contributed by atoms with Crippen LogP contribution in [-0.2, 0) is 9.59 Å². The molecule has 0 saturated carbocycles. The van der Waals surface area contributed by atoms with E-state index >= 15 is 0 Å². The predicted octanol–water partition coefficient (Wildman–Crippen LogP) is 1.89. The Kier molecular flexibility index (Phi) is 9.16. The lowest BCUT2D eigenvalue weighted by Gasteiger charge is -2.19. The van der Waals surface area contributed by atoms with Gasteiger partial charge in [-0.1, -0.05) is 13.8 Å². The van der Waals surface area contributed by atoms with E-state index in [1.54, 1.807) is 18.8 Å². The molecule has 0 aliphatic rings. The molecule has 1 aromatic rings. The van der Waals surface area contributed by atoms with Crippen molar-refractivity contribution in [2.75, 3.05) is 24.7 Å². The topological polar surface area (TPSA) is 75.4 Å². The third kappa shape index (κ3) is 5.87. The zero-order valence-corrected chi connectivity index (χ0v) is 15.0. The number of hydrogen-bond donors (Lipinski definition) is 2. The highest BCUT2D eigenvalue weighted by molar-refractivity contribution is 7.98. The number of benzene rings is 1. The fraction of sp³-hybridized carbons (Fsp3) is 0.467. The molecule has 0 heterocycles. The molecule has 0 fully saturated rings. The van der Waals surface area contributed by atoms with Crippen LogP contribution >= 0.6 is 24.2 Å². The summed E-state index contributed by atoms with van der Waals surface area (Å²) in [4.78, 5) is 26.4. The number of nitrogens with one attached hydrogen (secondary N) is 1. The Hall–Kier alpha value is -1.24. The summed E-state index contributed by atoms with van der Waals surface area (Å²) in [6, 6.07) is 7.08. The van der Waals surface area contributed by atoms with E-state index in [-0.39, 0.29) is 36.7 Å². The SMILES string of the molecule is CSc1ccc(N(C)C(=O)CNC(=O)[C@@H](N)C(C)C)cc1.Cl. The first kappa shape index (κ1) is 20.8. The average Bonchev–Trinajstić information content (AvgIpc) is 2.50. The Balaban J connectivity index is 0.00000441. The number of rotatable bonds is 6. The molecule has 0 aliphatic carbocycles. The second-order valence-corrected chi connectivity index (χ2v) is 6.02. The zero-order chi connectivity index (χ0) is 16.0. The fourth-order valence-corrected chi connectivity index (χ4v) is 2.06. The minimum Gasteiger partial charge on any atom is -0.346 e. The van der Waals surface area contributed by atoms with E-state index in [1.807, 2.05) is 44.4 Å². The van der Waals surface area contributed by atoms with E-state index in [1.165, 1.54) is 4.90 Å². The largest absolute Gasteiger partial charge is 0.346 e. The molecule has 0 saturated heterocycles. The minimum atomic E-state index is -0.594. The third-order valence-corrected chi connectivity index (χ3v) is 4.01. The van der Waals surface area contributed by atoms with Crippen molar-refractivity contribution in [1.82, 2.24) is 5.32 Å². The van der Waals surface area contributed by atoms with Gasteiger partial charge in [-0.2, -0.15) is 0 Å². The normalized spacial score (nSPS) is 11.5. The maximum absolute atomic E-state index is 12.1. The van der Waals surface area contributed by atoms with Crippen LogP contribution in [0.5, 0.6) is 0 Å². The molecule has 0 bridgehead atoms. The Bertz CT molecular complexity index is 494. The summed E-state index contributed by atoms with van der Waals surface area (Å²) < 4.78 is 0. The van der Waals surface area contributed by atoms with Gasteiger partial charge in [0.2, 0.25) is 11.8 Å². The van der Waals surface area contributed by atoms with Crippen molar-refractivity contribution in [3.8, 4) is 0 Å². The van der Waals surface area contributed by atoms with Crippen LogP contribution in [0.25, 0.3) is 0 Å². The van der Waals surface area contributed by atoms with Gasteiger partial charge in [0.05, 0.1) is 12.6 Å². The second kappa shape index (κ2) is 9.71. The molecule has 1 rings (SSSR count). The van der Waals surface area contributed by atoms with Crippen molar-refractivity contribution < 1.29 is 9.59 Å². The highest BCUT2D eigenvalue weighted by Crippen LogP contribution is 2.19. The lowest BCUT2D eigenvalue weighted by atomic mass is 10.1. The minimum absolute atomic E-state index is 0. The van der Waals surface area contributed by atoms with E-state index < -0.39 is 6.04 Å². The first-order chi connectivity index (χ1) is 9.86. The first-order valence-electron chi connectivity index (χ1n) is 6.80. The fourth-order valence-electron chi connectivity index (χ4n) is 1.65. The molecule has 0 aliphatic heterocycles. The van der Waals surface area contributed by atoms with Crippen LogP contribution in [0.15, 0.2) is 29.2 Å². The maximum atomic E-state index is 12.1. The number of carbonyl (C=O) groups excluding carboxylic acids is 2. The van der Waals surface area contributed by atoms with E-state index in [9.17, 15) is 9.59 Å². The molecular formula is C15H24ClN3O2S. The van der Waals surface area contributed by atoms with Crippen LogP contribution in [-0.4, -0.2) is 37.7 Å². The summed E-state index contributed by atoms with van der Waals surface area (Å²) in [7, 11) is 1.69. The van der Waals surface area contributed by atoms with Gasteiger partial charge >= 0.3 is 0 Å². The molecule has 124 valence electrons. The summed E-state index contributed by atoms with van der Waals surface area (Å²) in [6.45, 7) is 3.68. The van der Waals surface area contributed by atoms with E-state index in [0.717, 1.165) is 10.6 Å². The van der Waals surface area contributed by atoms with Gasteiger partial charge in [0, 0.05) is 17.6 Å². The predicted molar refractivity (Wildman–Crippen MR) is 94.7 cm³/mol. The van der Waals surface area contributed by atoms with Crippen molar-refractivity contribution in [3.63, 3.8) is 0 Å². The van der Waals surface area contributed by atoms with Gasteiger partial charge in [-0.3, -0.25) is 9.59 Å². The van der Waals surface area contributed by atoms with Crippen molar-refractivity contribution in [1.29, 1.82) is 0 Å². The first-order valence-corrected chi connectivity index (χ1v) is 8.03. The van der Waals surface area contributed by atoms with Gasteiger partial charge in [-0.25, -0.2) is 0 Å². The van der Waals surface area contributed by atoms with Gasteiger partial charge in [0.15, 0.2) is 0 Å². The molecule has 2 amide bonds. The molecule has 5 nitrogen and oxygen atoms in total. The second-order valence-electron chi connectivity index (χ2n) is 5.14. The van der Waals surface area contributed by atoms with Gasteiger partial charge in [0.1, 0.15) is 0 Å². The Morgan fingerprint density at radius 3 is 2.27 bits per heavy atom. The number of halogens is 1. The summed E-state index contributed by atoms with van der Waals surface area (Å²) in [6.07, 6.45) is 2.00. The van der Waals surface area contributed by atoms with Crippen LogP contribution in [0, 0.1) is 5.92 Å². The van der Waals surface area contributed by atoms with Crippen LogP contribution in [0.4, 0.5) is 5.69 Å². The van der Waals surface area contributed by atoms with E-state index in [2.05, 4.69) is 5.32 Å². The van der Waals surface area contributed by atoms with Gasteiger partial charge in [-0.15, -0.1) is 24.2 Å². The van der Waals surface area contributed by atoms with Gasteiger partial charge < -0.3 is 16.0 Å². The molecule has 0 aromatic heterocycles. The smallest absolute Gasteiger partial charge is 0.246 e. The number of nitrogens with two attached hydrogens (primary N) is 1. The number of hydrogen-bond acceptors (Lipinski definition) is 4. The Morgan fingerprint density at radius 1 is 1.27 bits per heavy atom. The molecule has 3 N–H and O–H groups in total. The monoisotopic (exact) mass is 345 g/mol. The number of thioether (sulfide) groups is 1. The van der Waals surface area contributed by atoms with Crippen LogP contribution in [0.3, 0.4) is 0 Å². The lowest BCUT2D eigenvalue weighted by molar-refractivity contribution is -0.126. The number of carbonyl (C=O) groups is 2. The lowest BCUT2D eigenvalue weighted by Crippen LogP contribution is -2.47. The highest BCUT2D eigenvalue weighted by atomic mass is 35.5. The number of likely N-dealkylation sites (N-methyl/N-ethyl adjacent to an activating group) is 1. The van der Waals surface area contributed by atoms with Crippen LogP contribution < -0.4 is 16.0 Å². The van der Waals surface area contributed by atoms with Crippen molar-refractivity contribution >= 4 is 41.7 Å². The molecule has 22 heavy (non-hydrogen) atoms.